The van der Waals surface area contributed by atoms with Gasteiger partial charge in [-0.3, -0.25) is 0 Å². The Balaban J connectivity index is 2.42. The van der Waals surface area contributed by atoms with E-state index < -0.39 is 0 Å². The van der Waals surface area contributed by atoms with E-state index in [9.17, 15) is 0 Å². The van der Waals surface area contributed by atoms with Crippen LogP contribution in [0.2, 0.25) is 0 Å². The van der Waals surface area contributed by atoms with Crippen molar-refractivity contribution in [1.29, 1.82) is 0 Å². The van der Waals surface area contributed by atoms with E-state index in [1.54, 1.807) is 0 Å². The summed E-state index contributed by atoms with van der Waals surface area (Å²) in [5.74, 6) is 1.47. The van der Waals surface area contributed by atoms with Gasteiger partial charge >= 0.3 is 6.01 Å². The molecule has 14 heavy (non-hydrogen) atoms. The van der Waals surface area contributed by atoms with Crippen LogP contribution in [0.25, 0.3) is 0 Å². The van der Waals surface area contributed by atoms with Crippen LogP contribution in [0.1, 0.15) is 39.9 Å². The zero-order valence-corrected chi connectivity index (χ0v) is 9.37. The molecule has 0 bridgehead atoms. The second-order valence-electron chi connectivity index (χ2n) is 4.25. The van der Waals surface area contributed by atoms with Crippen molar-refractivity contribution in [3.8, 4) is 0 Å². The minimum Gasteiger partial charge on any atom is -0.336 e. The van der Waals surface area contributed by atoms with Crippen LogP contribution in [0.3, 0.4) is 0 Å². The molecule has 1 aromatic rings. The third-order valence-electron chi connectivity index (χ3n) is 1.83. The summed E-state index contributed by atoms with van der Waals surface area (Å²) in [6.45, 7) is 8.46. The molecule has 0 radical (unpaired) electrons. The first-order valence-electron chi connectivity index (χ1n) is 5.17. The largest absolute Gasteiger partial charge is 0.336 e. The number of hydrogen-bond donors (Lipinski definition) is 1. The normalized spacial score (nSPS) is 11.3. The van der Waals surface area contributed by atoms with E-state index in [0.29, 0.717) is 18.0 Å². The van der Waals surface area contributed by atoms with E-state index in [0.717, 1.165) is 18.7 Å². The molecule has 0 amide bonds. The highest BCUT2D eigenvalue weighted by molar-refractivity contribution is 5.19. The van der Waals surface area contributed by atoms with Crippen molar-refractivity contribution < 1.29 is 4.52 Å². The fourth-order valence-corrected chi connectivity index (χ4v) is 1.08. The Kier molecular flexibility index (Phi) is 3.92. The minimum absolute atomic E-state index is 0.327. The fraction of sp³-hybridized carbons (Fsp3) is 0.800. The highest BCUT2D eigenvalue weighted by Crippen LogP contribution is 2.09. The lowest BCUT2D eigenvalue weighted by Gasteiger charge is -2.02. The predicted octanol–water partition coefficient (Wildman–Crippen LogP) is 2.48. The summed E-state index contributed by atoms with van der Waals surface area (Å²) < 4.78 is 5.04. The monoisotopic (exact) mass is 197 g/mol. The molecule has 0 aliphatic rings. The van der Waals surface area contributed by atoms with Crippen molar-refractivity contribution in [2.45, 2.75) is 46.6 Å². The maximum absolute atomic E-state index is 5.04. The molecule has 1 N–H and O–H groups in total. The first kappa shape index (κ1) is 11.0. The Morgan fingerprint density at radius 3 is 2.57 bits per heavy atom. The molecule has 0 aliphatic heterocycles. The van der Waals surface area contributed by atoms with Crippen LogP contribution in [0, 0.1) is 5.92 Å². The van der Waals surface area contributed by atoms with Crippen LogP contribution in [-0.4, -0.2) is 16.2 Å². The second-order valence-corrected chi connectivity index (χ2v) is 4.25. The molecule has 1 heterocycles. The van der Waals surface area contributed by atoms with Gasteiger partial charge in [-0.05, 0) is 26.2 Å². The molecule has 0 saturated carbocycles. The highest BCUT2D eigenvalue weighted by atomic mass is 16.5. The molecule has 0 unspecified atom stereocenters. The maximum atomic E-state index is 5.04. The summed E-state index contributed by atoms with van der Waals surface area (Å²) in [4.78, 5) is 4.23. The van der Waals surface area contributed by atoms with Gasteiger partial charge in [0.05, 0.1) is 0 Å². The quantitative estimate of drug-likeness (QED) is 0.787. The van der Waals surface area contributed by atoms with E-state index in [-0.39, 0.29) is 0 Å². The van der Waals surface area contributed by atoms with Gasteiger partial charge in [-0.2, -0.15) is 4.98 Å². The summed E-state index contributed by atoms with van der Waals surface area (Å²) in [6.07, 6.45) is 1.99. The van der Waals surface area contributed by atoms with E-state index in [1.807, 2.05) is 13.8 Å². The third-order valence-corrected chi connectivity index (χ3v) is 1.83. The Bertz CT molecular complexity index is 268. The van der Waals surface area contributed by atoms with Crippen molar-refractivity contribution >= 4 is 6.01 Å². The maximum Gasteiger partial charge on any atom is 0.321 e. The Hall–Kier alpha value is -1.06. The fourth-order valence-electron chi connectivity index (χ4n) is 1.08. The first-order chi connectivity index (χ1) is 6.58. The number of anilines is 1. The molecule has 1 rings (SSSR count). The summed E-state index contributed by atoms with van der Waals surface area (Å²) in [5, 5.41) is 6.97. The van der Waals surface area contributed by atoms with Crippen LogP contribution in [-0.2, 0) is 6.42 Å². The molecular formula is C10H19N3O. The lowest BCUT2D eigenvalue weighted by atomic mass is 10.1. The number of aryl methyl sites for hydroxylation is 1. The molecule has 0 spiro atoms. The van der Waals surface area contributed by atoms with Crippen molar-refractivity contribution in [3.63, 3.8) is 0 Å². The minimum atomic E-state index is 0.327. The number of nitrogens with one attached hydrogen (secondary N) is 1. The van der Waals surface area contributed by atoms with Crippen molar-refractivity contribution in [3.05, 3.63) is 5.82 Å². The van der Waals surface area contributed by atoms with Gasteiger partial charge in [-0.15, -0.1) is 0 Å². The smallest absolute Gasteiger partial charge is 0.321 e. The van der Waals surface area contributed by atoms with E-state index in [2.05, 4.69) is 29.3 Å². The third kappa shape index (κ3) is 3.77. The predicted molar refractivity (Wildman–Crippen MR) is 56.2 cm³/mol. The van der Waals surface area contributed by atoms with Crippen LogP contribution in [0.4, 0.5) is 6.01 Å². The van der Waals surface area contributed by atoms with Gasteiger partial charge in [0, 0.05) is 12.5 Å². The van der Waals surface area contributed by atoms with E-state index in [4.69, 9.17) is 4.52 Å². The lowest BCUT2D eigenvalue weighted by Crippen LogP contribution is -2.09. The average molecular weight is 197 g/mol. The number of hydrogen-bond acceptors (Lipinski definition) is 4. The SMILES string of the molecule is CC(C)CCc1noc(NC(C)C)n1. The number of aromatic nitrogens is 2. The van der Waals surface area contributed by atoms with Gasteiger partial charge in [-0.1, -0.05) is 19.0 Å². The van der Waals surface area contributed by atoms with Crippen LogP contribution in [0.5, 0.6) is 0 Å². The molecule has 0 atom stereocenters. The van der Waals surface area contributed by atoms with E-state index in [1.165, 1.54) is 0 Å². The molecular weight excluding hydrogens is 178 g/mol. The van der Waals surface area contributed by atoms with Crippen LogP contribution >= 0.6 is 0 Å². The molecule has 0 aliphatic carbocycles. The van der Waals surface area contributed by atoms with Gasteiger partial charge in [0.1, 0.15) is 0 Å². The molecule has 0 fully saturated rings. The molecule has 0 aromatic carbocycles. The zero-order valence-electron chi connectivity index (χ0n) is 9.37. The summed E-state index contributed by atoms with van der Waals surface area (Å²) in [7, 11) is 0. The zero-order chi connectivity index (χ0) is 10.6. The van der Waals surface area contributed by atoms with Crippen molar-refractivity contribution in [2.24, 2.45) is 5.92 Å². The summed E-state index contributed by atoms with van der Waals surface area (Å²) in [5.41, 5.74) is 0. The van der Waals surface area contributed by atoms with Crippen LogP contribution < -0.4 is 5.32 Å². The molecule has 4 nitrogen and oxygen atoms in total. The Morgan fingerprint density at radius 2 is 2.00 bits per heavy atom. The highest BCUT2D eigenvalue weighted by Gasteiger charge is 2.07. The number of nitrogens with zero attached hydrogens (tertiary/aromatic N) is 2. The second kappa shape index (κ2) is 4.98. The molecule has 4 heteroatoms. The lowest BCUT2D eigenvalue weighted by molar-refractivity contribution is 0.417. The van der Waals surface area contributed by atoms with Crippen LogP contribution in [0.15, 0.2) is 4.52 Å². The standard InChI is InChI=1S/C10H19N3O/c1-7(2)5-6-9-12-10(14-13-9)11-8(3)4/h7-8H,5-6H2,1-4H3,(H,11,12,13). The topological polar surface area (TPSA) is 51.0 Å². The Morgan fingerprint density at radius 1 is 1.29 bits per heavy atom. The van der Waals surface area contributed by atoms with Gasteiger partial charge in [-0.25, -0.2) is 0 Å². The first-order valence-corrected chi connectivity index (χ1v) is 5.17. The van der Waals surface area contributed by atoms with Gasteiger partial charge in [0.15, 0.2) is 5.82 Å². The Labute approximate surface area is 85.1 Å². The summed E-state index contributed by atoms with van der Waals surface area (Å²) >= 11 is 0. The summed E-state index contributed by atoms with van der Waals surface area (Å²) in [6, 6.07) is 0.854. The number of rotatable bonds is 5. The van der Waals surface area contributed by atoms with E-state index >= 15 is 0 Å². The molecule has 1 aromatic heterocycles. The van der Waals surface area contributed by atoms with Crippen molar-refractivity contribution in [1.82, 2.24) is 10.1 Å². The molecule has 0 saturated heterocycles. The van der Waals surface area contributed by atoms with Gasteiger partial charge < -0.3 is 9.84 Å². The van der Waals surface area contributed by atoms with Gasteiger partial charge in [0.25, 0.3) is 0 Å². The average Bonchev–Trinajstić information content (AvgIpc) is 2.47. The molecule has 80 valence electrons. The van der Waals surface area contributed by atoms with Gasteiger partial charge in [0.2, 0.25) is 0 Å². The van der Waals surface area contributed by atoms with Crippen molar-refractivity contribution in [2.75, 3.05) is 5.32 Å².